The van der Waals surface area contributed by atoms with Crippen molar-refractivity contribution < 1.29 is 0 Å². The molecular weight excluding hydrogens is 196 g/mol. The molecule has 0 aromatic carbocycles. The molecule has 0 saturated heterocycles. The minimum Gasteiger partial charge on any atom is -0.272 e. The van der Waals surface area contributed by atoms with Crippen molar-refractivity contribution in [1.29, 1.82) is 0 Å². The van der Waals surface area contributed by atoms with Crippen LogP contribution in [0, 0.1) is 6.92 Å². The summed E-state index contributed by atoms with van der Waals surface area (Å²) in [6, 6.07) is 0. The third-order valence-corrected chi connectivity index (χ3v) is 2.37. The molecule has 2 nitrogen and oxygen atoms in total. The van der Waals surface area contributed by atoms with Crippen molar-refractivity contribution in [2.45, 2.75) is 67.7 Å². The minimum absolute atomic E-state index is 0.591. The zero-order chi connectivity index (χ0) is 13.3. The van der Waals surface area contributed by atoms with Gasteiger partial charge in [0.15, 0.2) is 0 Å². The molecule has 0 bridgehead atoms. The first-order chi connectivity index (χ1) is 7.57. The maximum absolute atomic E-state index is 4.47. The Labute approximate surface area is 102 Å². The van der Waals surface area contributed by atoms with Crippen molar-refractivity contribution in [3.05, 3.63) is 17.0 Å². The highest BCUT2D eigenvalue weighted by atomic mass is 15.3. The van der Waals surface area contributed by atoms with Gasteiger partial charge >= 0.3 is 0 Å². The van der Waals surface area contributed by atoms with E-state index in [2.05, 4.69) is 32.8 Å². The van der Waals surface area contributed by atoms with Crippen molar-refractivity contribution in [1.82, 2.24) is 9.78 Å². The van der Waals surface area contributed by atoms with Gasteiger partial charge < -0.3 is 0 Å². The first-order valence-corrected chi connectivity index (χ1v) is 6.60. The Morgan fingerprint density at radius 2 is 1.56 bits per heavy atom. The monoisotopic (exact) mass is 226 g/mol. The van der Waals surface area contributed by atoms with E-state index in [1.54, 1.807) is 0 Å². The normalized spacial score (nSPS) is 9.12. The van der Waals surface area contributed by atoms with Crippen LogP contribution < -0.4 is 0 Å². The summed E-state index contributed by atoms with van der Waals surface area (Å²) in [6.07, 6.45) is 1.04. The smallest absolute Gasteiger partial charge is 0.0659 e. The summed E-state index contributed by atoms with van der Waals surface area (Å²) in [7, 11) is 2.01. The molecule has 0 radical (unpaired) electrons. The van der Waals surface area contributed by atoms with Crippen LogP contribution in [-0.2, 0) is 13.5 Å². The van der Waals surface area contributed by atoms with E-state index in [0.29, 0.717) is 5.92 Å². The lowest BCUT2D eigenvalue weighted by molar-refractivity contribution is 0.722. The number of aryl methyl sites for hydroxylation is 2. The second-order valence-corrected chi connectivity index (χ2v) is 3.58. The highest BCUT2D eigenvalue weighted by Gasteiger charge is 2.13. The molecule has 1 rings (SSSR count). The second kappa shape index (κ2) is 9.44. The molecule has 96 valence electrons. The van der Waals surface area contributed by atoms with Gasteiger partial charge in [-0.15, -0.1) is 0 Å². The number of rotatable bonds is 2. The molecule has 0 aliphatic carbocycles. The van der Waals surface area contributed by atoms with Gasteiger partial charge in [-0.05, 0) is 24.8 Å². The van der Waals surface area contributed by atoms with E-state index in [1.165, 1.54) is 17.0 Å². The van der Waals surface area contributed by atoms with E-state index in [9.17, 15) is 0 Å². The van der Waals surface area contributed by atoms with Crippen molar-refractivity contribution in [2.75, 3.05) is 0 Å². The number of nitrogens with zero attached hydrogens (tertiary/aromatic N) is 2. The van der Waals surface area contributed by atoms with Crippen molar-refractivity contribution >= 4 is 0 Å². The summed E-state index contributed by atoms with van der Waals surface area (Å²) in [5.74, 6) is 0.591. The fraction of sp³-hybridized carbons (Fsp3) is 0.786. The van der Waals surface area contributed by atoms with E-state index in [-0.39, 0.29) is 0 Å². The summed E-state index contributed by atoms with van der Waals surface area (Å²) in [4.78, 5) is 0. The van der Waals surface area contributed by atoms with Gasteiger partial charge in [-0.3, -0.25) is 4.68 Å². The Morgan fingerprint density at radius 1 is 1.12 bits per heavy atom. The molecule has 0 spiro atoms. The lowest BCUT2D eigenvalue weighted by Gasteiger charge is -2.05. The predicted octanol–water partition coefficient (Wildman–Crippen LogP) is 4.47. The molecule has 0 amide bonds. The fourth-order valence-electron chi connectivity index (χ4n) is 1.71. The lowest BCUT2D eigenvalue weighted by atomic mass is 10.00. The Balaban J connectivity index is 0. The van der Waals surface area contributed by atoms with Crippen molar-refractivity contribution in [2.24, 2.45) is 7.05 Å². The molecule has 0 N–H and O–H groups in total. The van der Waals surface area contributed by atoms with Crippen LogP contribution in [-0.4, -0.2) is 9.78 Å². The molecule has 1 aromatic rings. The first-order valence-electron chi connectivity index (χ1n) is 6.60. The number of aromatic nitrogens is 2. The SMILES string of the molecule is CC.CC.CCc1nn(C)c(C)c1C(C)C. The van der Waals surface area contributed by atoms with Gasteiger partial charge in [-0.2, -0.15) is 5.10 Å². The summed E-state index contributed by atoms with van der Waals surface area (Å²) in [6.45, 7) is 16.8. The Hall–Kier alpha value is -0.790. The molecule has 0 atom stereocenters. The largest absolute Gasteiger partial charge is 0.272 e. The van der Waals surface area contributed by atoms with Gasteiger partial charge in [-0.1, -0.05) is 48.5 Å². The van der Waals surface area contributed by atoms with Crippen LogP contribution in [0.2, 0.25) is 0 Å². The maximum atomic E-state index is 4.47. The van der Waals surface area contributed by atoms with Crippen LogP contribution in [0.1, 0.15) is 71.3 Å². The first kappa shape index (κ1) is 17.6. The zero-order valence-corrected chi connectivity index (χ0v) is 12.7. The van der Waals surface area contributed by atoms with Crippen LogP contribution in [0.25, 0.3) is 0 Å². The highest BCUT2D eigenvalue weighted by Crippen LogP contribution is 2.22. The van der Waals surface area contributed by atoms with Gasteiger partial charge in [0.05, 0.1) is 5.69 Å². The van der Waals surface area contributed by atoms with E-state index >= 15 is 0 Å². The average molecular weight is 226 g/mol. The Kier molecular flexibility index (Phi) is 10.4. The quantitative estimate of drug-likeness (QED) is 0.727. The summed E-state index contributed by atoms with van der Waals surface area (Å²) in [5, 5.41) is 4.47. The van der Waals surface area contributed by atoms with Crippen molar-refractivity contribution in [3.63, 3.8) is 0 Å². The Morgan fingerprint density at radius 3 is 1.81 bits per heavy atom. The predicted molar refractivity (Wildman–Crippen MR) is 74.1 cm³/mol. The lowest BCUT2D eigenvalue weighted by Crippen LogP contribution is -1.95. The summed E-state index contributed by atoms with van der Waals surface area (Å²) in [5.41, 5.74) is 3.99. The van der Waals surface area contributed by atoms with Crippen molar-refractivity contribution in [3.8, 4) is 0 Å². The van der Waals surface area contributed by atoms with Gasteiger partial charge in [0.2, 0.25) is 0 Å². The zero-order valence-electron chi connectivity index (χ0n) is 12.7. The molecule has 1 heterocycles. The highest BCUT2D eigenvalue weighted by molar-refractivity contribution is 5.28. The molecule has 16 heavy (non-hydrogen) atoms. The topological polar surface area (TPSA) is 17.8 Å². The summed E-state index contributed by atoms with van der Waals surface area (Å²) < 4.78 is 1.98. The average Bonchev–Trinajstić information content (AvgIpc) is 2.60. The number of hydrogen-bond acceptors (Lipinski definition) is 1. The van der Waals surface area contributed by atoms with Gasteiger partial charge in [0, 0.05) is 12.7 Å². The van der Waals surface area contributed by atoms with Crippen LogP contribution in [0.3, 0.4) is 0 Å². The molecule has 0 aliphatic rings. The van der Waals surface area contributed by atoms with E-state index in [1.807, 2.05) is 39.4 Å². The van der Waals surface area contributed by atoms with E-state index in [4.69, 9.17) is 0 Å². The molecule has 2 heteroatoms. The number of hydrogen-bond donors (Lipinski definition) is 0. The van der Waals surface area contributed by atoms with Gasteiger partial charge in [-0.25, -0.2) is 0 Å². The van der Waals surface area contributed by atoms with Gasteiger partial charge in [0.25, 0.3) is 0 Å². The molecule has 1 aromatic heterocycles. The summed E-state index contributed by atoms with van der Waals surface area (Å²) >= 11 is 0. The molecule has 0 aliphatic heterocycles. The third-order valence-electron chi connectivity index (χ3n) is 2.37. The molecule has 0 unspecified atom stereocenters. The second-order valence-electron chi connectivity index (χ2n) is 3.58. The minimum atomic E-state index is 0.591. The molecular formula is C14H30N2. The Bertz CT molecular complexity index is 273. The third kappa shape index (κ3) is 4.38. The standard InChI is InChI=1S/C10H18N2.2C2H6/c1-6-9-10(7(2)3)8(4)12(5)11-9;2*1-2/h7H,6H2,1-5H3;2*1-2H3. The van der Waals surface area contributed by atoms with Crippen LogP contribution >= 0.6 is 0 Å². The van der Waals surface area contributed by atoms with Gasteiger partial charge in [0.1, 0.15) is 0 Å². The molecule has 0 saturated carbocycles. The van der Waals surface area contributed by atoms with Crippen LogP contribution in [0.5, 0.6) is 0 Å². The van der Waals surface area contributed by atoms with E-state index in [0.717, 1.165) is 6.42 Å². The fourth-order valence-corrected chi connectivity index (χ4v) is 1.71. The molecule has 0 fully saturated rings. The maximum Gasteiger partial charge on any atom is 0.0659 e. The van der Waals surface area contributed by atoms with Crippen LogP contribution in [0.4, 0.5) is 0 Å². The van der Waals surface area contributed by atoms with Crippen LogP contribution in [0.15, 0.2) is 0 Å². The van der Waals surface area contributed by atoms with E-state index < -0.39 is 0 Å².